The van der Waals surface area contributed by atoms with E-state index in [1.807, 2.05) is 55.6 Å². The maximum atomic E-state index is 13.1. The fourth-order valence-corrected chi connectivity index (χ4v) is 4.84. The highest BCUT2D eigenvalue weighted by atomic mass is 16.1. The molecule has 1 saturated heterocycles. The minimum Gasteiger partial charge on any atom is -0.371 e. The lowest BCUT2D eigenvalue weighted by molar-refractivity contribution is 0.578. The molecule has 0 amide bonds. The van der Waals surface area contributed by atoms with Crippen molar-refractivity contribution in [2.75, 3.05) is 18.0 Å². The lowest BCUT2D eigenvalue weighted by Crippen LogP contribution is -2.31. The summed E-state index contributed by atoms with van der Waals surface area (Å²) < 4.78 is 5.18. The third-order valence-electron chi connectivity index (χ3n) is 6.46. The van der Waals surface area contributed by atoms with E-state index in [1.165, 1.54) is 6.42 Å². The normalized spacial score (nSPS) is 14.2. The molecule has 6 heteroatoms. The van der Waals surface area contributed by atoms with E-state index in [0.717, 1.165) is 59.5 Å². The van der Waals surface area contributed by atoms with Crippen LogP contribution in [0.25, 0.3) is 27.8 Å². The van der Waals surface area contributed by atoms with Gasteiger partial charge in [0, 0.05) is 49.9 Å². The second kappa shape index (κ2) is 8.19. The first kappa shape index (κ1) is 20.4. The molecule has 5 rings (SSSR count). The second-order valence-corrected chi connectivity index (χ2v) is 8.47. The van der Waals surface area contributed by atoms with Crippen molar-refractivity contribution in [3.8, 4) is 16.9 Å². The molecule has 0 unspecified atom stereocenters. The van der Waals surface area contributed by atoms with E-state index < -0.39 is 0 Å². The summed E-state index contributed by atoms with van der Waals surface area (Å²) in [6.07, 6.45) is 5.37. The number of hydrogen-bond donors (Lipinski definition) is 0. The van der Waals surface area contributed by atoms with Crippen molar-refractivity contribution in [3.63, 3.8) is 0 Å². The number of benzene rings is 2. The summed E-state index contributed by atoms with van der Waals surface area (Å²) in [6.45, 7) is 4.50. The van der Waals surface area contributed by atoms with Crippen molar-refractivity contribution >= 4 is 16.6 Å². The number of pyridine rings is 1. The number of piperidine rings is 1. The highest BCUT2D eigenvalue weighted by Gasteiger charge is 2.19. The largest absolute Gasteiger partial charge is 0.371 e. The molecule has 0 saturated carbocycles. The van der Waals surface area contributed by atoms with Gasteiger partial charge in [-0.25, -0.2) is 4.79 Å². The highest BCUT2D eigenvalue weighted by Crippen LogP contribution is 2.31. The van der Waals surface area contributed by atoms with E-state index >= 15 is 0 Å². The van der Waals surface area contributed by atoms with Gasteiger partial charge in [-0.3, -0.25) is 9.36 Å². The molecular weight excluding hydrogens is 400 g/mol. The summed E-state index contributed by atoms with van der Waals surface area (Å²) in [5.74, 6) is 0. The van der Waals surface area contributed by atoms with Gasteiger partial charge in [-0.2, -0.15) is 0 Å². The van der Waals surface area contributed by atoms with E-state index in [4.69, 9.17) is 0 Å². The average Bonchev–Trinajstić information content (AvgIpc) is 3.13. The first-order valence-corrected chi connectivity index (χ1v) is 11.3. The van der Waals surface area contributed by atoms with Crippen LogP contribution in [-0.2, 0) is 13.6 Å². The predicted octanol–water partition coefficient (Wildman–Crippen LogP) is 4.17. The van der Waals surface area contributed by atoms with Crippen molar-refractivity contribution in [3.05, 3.63) is 81.6 Å². The molecule has 0 N–H and O–H groups in total. The maximum Gasteiger partial charge on any atom is 0.332 e. The lowest BCUT2D eigenvalue weighted by atomic mass is 10.1. The number of imidazole rings is 1. The molecule has 1 aliphatic rings. The summed E-state index contributed by atoms with van der Waals surface area (Å²) in [4.78, 5) is 28.3. The zero-order valence-electron chi connectivity index (χ0n) is 18.6. The van der Waals surface area contributed by atoms with Crippen LogP contribution < -0.4 is 16.1 Å². The zero-order valence-corrected chi connectivity index (χ0v) is 18.6. The predicted molar refractivity (Wildman–Crippen MR) is 130 cm³/mol. The average molecular weight is 429 g/mol. The van der Waals surface area contributed by atoms with Crippen molar-refractivity contribution in [1.82, 2.24) is 13.7 Å². The molecule has 2 aromatic carbocycles. The van der Waals surface area contributed by atoms with Crippen molar-refractivity contribution in [2.24, 2.45) is 7.05 Å². The number of rotatable bonds is 4. The standard InChI is InChI=1S/C26H28N4O2/c1-3-29-22-13-12-20(16-21(22)23(17-25(29)31)28-14-8-5-9-15-28)30-24(18-27(2)26(30)32)19-10-6-4-7-11-19/h4,6-7,10-13,16-18H,3,5,8-9,14-15H2,1-2H3. The van der Waals surface area contributed by atoms with Crippen LogP contribution in [0.2, 0.25) is 0 Å². The van der Waals surface area contributed by atoms with Gasteiger partial charge >= 0.3 is 5.69 Å². The van der Waals surface area contributed by atoms with Gasteiger partial charge in [0.2, 0.25) is 0 Å². The van der Waals surface area contributed by atoms with Crippen LogP contribution in [0.3, 0.4) is 0 Å². The molecule has 32 heavy (non-hydrogen) atoms. The third-order valence-corrected chi connectivity index (χ3v) is 6.46. The monoisotopic (exact) mass is 428 g/mol. The first-order chi connectivity index (χ1) is 15.6. The van der Waals surface area contributed by atoms with Crippen molar-refractivity contribution < 1.29 is 0 Å². The van der Waals surface area contributed by atoms with Crippen LogP contribution >= 0.6 is 0 Å². The number of fused-ring (bicyclic) bond motifs is 1. The quantitative estimate of drug-likeness (QED) is 0.490. The van der Waals surface area contributed by atoms with Crippen molar-refractivity contribution in [2.45, 2.75) is 32.7 Å². The molecule has 3 heterocycles. The highest BCUT2D eigenvalue weighted by molar-refractivity contribution is 5.93. The lowest BCUT2D eigenvalue weighted by Gasteiger charge is -2.30. The number of hydrogen-bond acceptors (Lipinski definition) is 3. The first-order valence-electron chi connectivity index (χ1n) is 11.3. The summed E-state index contributed by atoms with van der Waals surface area (Å²) in [5.41, 5.74) is 4.46. The second-order valence-electron chi connectivity index (χ2n) is 8.47. The smallest absolute Gasteiger partial charge is 0.332 e. The molecule has 0 bridgehead atoms. The number of aromatic nitrogens is 3. The van der Waals surface area contributed by atoms with E-state index in [9.17, 15) is 9.59 Å². The Morgan fingerprint density at radius 1 is 0.906 bits per heavy atom. The summed E-state index contributed by atoms with van der Waals surface area (Å²) in [5, 5.41) is 1.01. The van der Waals surface area contributed by atoms with Crippen LogP contribution in [0.1, 0.15) is 26.2 Å². The molecule has 2 aromatic heterocycles. The van der Waals surface area contributed by atoms with Crippen LogP contribution in [0.5, 0.6) is 0 Å². The number of anilines is 1. The van der Waals surface area contributed by atoms with Gasteiger partial charge in [0.05, 0.1) is 22.6 Å². The van der Waals surface area contributed by atoms with Crippen LogP contribution in [0.15, 0.2) is 70.4 Å². The van der Waals surface area contributed by atoms with E-state index in [-0.39, 0.29) is 11.2 Å². The van der Waals surface area contributed by atoms with Gasteiger partial charge in [-0.05, 0) is 44.4 Å². The van der Waals surface area contributed by atoms with Crippen LogP contribution in [0, 0.1) is 0 Å². The van der Waals surface area contributed by atoms with Gasteiger partial charge in [-0.1, -0.05) is 30.3 Å². The Bertz CT molecular complexity index is 1390. The van der Waals surface area contributed by atoms with E-state index in [2.05, 4.69) is 11.0 Å². The fraction of sp³-hybridized carbons (Fsp3) is 0.308. The van der Waals surface area contributed by atoms with Crippen LogP contribution in [0.4, 0.5) is 5.69 Å². The number of nitrogens with zero attached hydrogens (tertiary/aromatic N) is 4. The van der Waals surface area contributed by atoms with Gasteiger partial charge in [0.15, 0.2) is 0 Å². The molecule has 164 valence electrons. The molecule has 4 aromatic rings. The number of aryl methyl sites for hydroxylation is 2. The van der Waals surface area contributed by atoms with Gasteiger partial charge in [0.1, 0.15) is 0 Å². The van der Waals surface area contributed by atoms with Crippen molar-refractivity contribution in [1.29, 1.82) is 0 Å². The molecule has 0 spiro atoms. The molecule has 0 aliphatic carbocycles. The maximum absolute atomic E-state index is 13.1. The Morgan fingerprint density at radius 2 is 1.66 bits per heavy atom. The Labute approximate surface area is 187 Å². The topological polar surface area (TPSA) is 52.2 Å². The minimum atomic E-state index is -0.0912. The minimum absolute atomic E-state index is 0.0233. The summed E-state index contributed by atoms with van der Waals surface area (Å²) in [6, 6.07) is 17.7. The Balaban J connectivity index is 1.77. The van der Waals surface area contributed by atoms with Gasteiger partial charge in [0.25, 0.3) is 5.56 Å². The molecule has 1 aliphatic heterocycles. The van der Waals surface area contributed by atoms with E-state index in [1.54, 1.807) is 26.8 Å². The Kier molecular flexibility index (Phi) is 5.21. The fourth-order valence-electron chi connectivity index (χ4n) is 4.84. The Hall–Kier alpha value is -3.54. The van der Waals surface area contributed by atoms with Gasteiger partial charge in [-0.15, -0.1) is 0 Å². The van der Waals surface area contributed by atoms with Gasteiger partial charge < -0.3 is 14.0 Å². The molecule has 6 nitrogen and oxygen atoms in total. The third kappa shape index (κ3) is 3.36. The summed E-state index contributed by atoms with van der Waals surface area (Å²) >= 11 is 0. The zero-order chi connectivity index (χ0) is 22.2. The molecule has 0 radical (unpaired) electrons. The SMILES string of the molecule is CCn1c(=O)cc(N2CCCCC2)c2cc(-n3c(-c4ccccc4)cn(C)c3=O)ccc21. The Morgan fingerprint density at radius 3 is 2.38 bits per heavy atom. The van der Waals surface area contributed by atoms with Crippen LogP contribution in [-0.4, -0.2) is 26.8 Å². The molecule has 0 atom stereocenters. The van der Waals surface area contributed by atoms with E-state index in [0.29, 0.717) is 6.54 Å². The summed E-state index contributed by atoms with van der Waals surface area (Å²) in [7, 11) is 1.78. The molecular formula is C26H28N4O2. The molecule has 1 fully saturated rings.